The molecule has 0 radical (unpaired) electrons. The number of hydrogen-bond donors (Lipinski definition) is 1. The summed E-state index contributed by atoms with van der Waals surface area (Å²) in [6.45, 7) is 0.840. The monoisotopic (exact) mass is 405 g/mol. The Morgan fingerprint density at radius 2 is 1.70 bits per heavy atom. The van der Waals surface area contributed by atoms with Crippen LogP contribution in [-0.4, -0.2) is 32.3 Å². The average molecular weight is 405 g/mol. The van der Waals surface area contributed by atoms with E-state index in [9.17, 15) is 14.0 Å². The Kier molecular flexibility index (Phi) is 5.65. The second kappa shape index (κ2) is 8.69. The first-order chi connectivity index (χ1) is 14.6. The molecule has 0 spiro atoms. The van der Waals surface area contributed by atoms with E-state index in [1.165, 1.54) is 17.1 Å². The fourth-order valence-electron chi connectivity index (χ4n) is 3.13. The average Bonchev–Trinajstić information content (AvgIpc) is 3.26. The summed E-state index contributed by atoms with van der Waals surface area (Å²) in [5.74, 6) is -0.854. The van der Waals surface area contributed by atoms with Gasteiger partial charge in [0.2, 0.25) is 5.91 Å². The van der Waals surface area contributed by atoms with E-state index < -0.39 is 0 Å². The van der Waals surface area contributed by atoms with Crippen molar-refractivity contribution in [2.24, 2.45) is 5.10 Å². The largest absolute Gasteiger partial charge is 0.321 e. The Bertz CT molecular complexity index is 1060. The number of benzene rings is 2. The molecule has 2 amide bonds. The molecule has 7 nitrogen and oxygen atoms in total. The molecule has 3 aromatic rings. The third-order valence-electron chi connectivity index (χ3n) is 4.73. The maximum absolute atomic E-state index is 13.1. The summed E-state index contributed by atoms with van der Waals surface area (Å²) in [7, 11) is 0. The van der Waals surface area contributed by atoms with Crippen LogP contribution >= 0.6 is 0 Å². The van der Waals surface area contributed by atoms with Crippen LogP contribution in [0.5, 0.6) is 0 Å². The molecule has 0 bridgehead atoms. The predicted octanol–water partition coefficient (Wildman–Crippen LogP) is 3.19. The third-order valence-corrected chi connectivity index (χ3v) is 4.73. The van der Waals surface area contributed by atoms with Gasteiger partial charge in [-0.05, 0) is 41.5 Å². The fraction of sp³-hybridized carbons (Fsp3) is 0.182. The first-order valence-corrected chi connectivity index (χ1v) is 9.57. The van der Waals surface area contributed by atoms with Crippen LogP contribution in [0, 0.1) is 5.82 Å². The molecule has 2 heterocycles. The van der Waals surface area contributed by atoms with E-state index in [1.807, 2.05) is 41.2 Å². The molecular formula is C22H20FN5O2. The van der Waals surface area contributed by atoms with Crippen LogP contribution in [0.25, 0.3) is 0 Å². The molecule has 0 fully saturated rings. The number of halogens is 1. The van der Waals surface area contributed by atoms with E-state index in [0.717, 1.165) is 11.1 Å². The zero-order valence-electron chi connectivity index (χ0n) is 16.2. The van der Waals surface area contributed by atoms with Gasteiger partial charge in [0.25, 0.3) is 5.91 Å². The van der Waals surface area contributed by atoms with Crippen LogP contribution in [0.2, 0.25) is 0 Å². The Morgan fingerprint density at radius 1 is 1.00 bits per heavy atom. The lowest BCUT2D eigenvalue weighted by molar-refractivity contribution is -0.132. The molecule has 30 heavy (non-hydrogen) atoms. The topological polar surface area (TPSA) is 79.6 Å². The molecule has 1 aliphatic rings. The summed E-state index contributed by atoms with van der Waals surface area (Å²) in [5.41, 5.74) is 2.73. The molecule has 1 aliphatic heterocycles. The smallest absolute Gasteiger partial charge is 0.271 e. The number of carbonyl (C=O) groups is 2. The molecule has 0 unspecified atom stereocenters. The molecule has 0 atom stereocenters. The lowest BCUT2D eigenvalue weighted by atomic mass is 10.1. The summed E-state index contributed by atoms with van der Waals surface area (Å²) in [4.78, 5) is 24.8. The number of anilines is 1. The molecule has 1 N–H and O–H groups in total. The van der Waals surface area contributed by atoms with Crippen molar-refractivity contribution in [3.05, 3.63) is 83.9 Å². The number of nitrogens with zero attached hydrogens (tertiary/aromatic N) is 4. The number of rotatable bonds is 6. The molecule has 1 aromatic heterocycles. The van der Waals surface area contributed by atoms with E-state index in [2.05, 4.69) is 15.5 Å². The van der Waals surface area contributed by atoms with Gasteiger partial charge < -0.3 is 5.32 Å². The van der Waals surface area contributed by atoms with Gasteiger partial charge in [-0.1, -0.05) is 24.3 Å². The van der Waals surface area contributed by atoms with Crippen LogP contribution in [-0.2, 0) is 22.7 Å². The molecule has 0 saturated carbocycles. The Labute approximate surface area is 172 Å². The zero-order valence-corrected chi connectivity index (χ0v) is 16.2. The van der Waals surface area contributed by atoms with E-state index in [4.69, 9.17) is 0 Å². The summed E-state index contributed by atoms with van der Waals surface area (Å²) in [6, 6.07) is 15.2. The van der Waals surface area contributed by atoms with Gasteiger partial charge in [0.1, 0.15) is 11.5 Å². The zero-order chi connectivity index (χ0) is 20.9. The van der Waals surface area contributed by atoms with E-state index >= 15 is 0 Å². The van der Waals surface area contributed by atoms with E-state index in [-0.39, 0.29) is 42.7 Å². The van der Waals surface area contributed by atoms with Gasteiger partial charge in [-0.25, -0.2) is 9.40 Å². The fourth-order valence-corrected chi connectivity index (χ4v) is 3.13. The second-order valence-corrected chi connectivity index (χ2v) is 6.98. The molecule has 8 heteroatoms. The van der Waals surface area contributed by atoms with Crippen molar-refractivity contribution in [3.63, 3.8) is 0 Å². The highest BCUT2D eigenvalue weighted by Crippen LogP contribution is 2.16. The number of hydrazone groups is 1. The van der Waals surface area contributed by atoms with E-state index in [1.54, 1.807) is 18.3 Å². The van der Waals surface area contributed by atoms with Gasteiger partial charge in [0, 0.05) is 30.9 Å². The van der Waals surface area contributed by atoms with Gasteiger partial charge in [-0.15, -0.1) is 0 Å². The lowest BCUT2D eigenvalue weighted by Gasteiger charge is -2.23. The van der Waals surface area contributed by atoms with E-state index in [0.29, 0.717) is 12.2 Å². The number of hydrogen-bond acceptors (Lipinski definition) is 4. The minimum Gasteiger partial charge on any atom is -0.321 e. The molecule has 4 rings (SSSR count). The van der Waals surface area contributed by atoms with Crippen molar-refractivity contribution in [2.45, 2.75) is 25.9 Å². The second-order valence-electron chi connectivity index (χ2n) is 6.98. The molecule has 0 aliphatic carbocycles. The normalized spacial score (nSPS) is 13.8. The third kappa shape index (κ3) is 4.78. The maximum atomic E-state index is 13.1. The standard InChI is InChI=1S/C22H20FN5O2/c23-18-6-2-17(3-7-18)15-28-21(29)11-10-20(26-28)22(30)25-19-8-4-16(5-9-19)14-27-13-1-12-24-27/h1-9,12-13H,10-11,14-15H2,(H,25,30). The van der Waals surface area contributed by atoms with Crippen LogP contribution in [0.15, 0.2) is 72.1 Å². The molecular weight excluding hydrogens is 385 g/mol. The van der Waals surface area contributed by atoms with Gasteiger partial charge >= 0.3 is 0 Å². The van der Waals surface area contributed by atoms with Crippen LogP contribution in [0.3, 0.4) is 0 Å². The van der Waals surface area contributed by atoms with Crippen molar-refractivity contribution >= 4 is 23.2 Å². The summed E-state index contributed by atoms with van der Waals surface area (Å²) in [6.07, 6.45) is 4.09. The highest BCUT2D eigenvalue weighted by atomic mass is 19.1. The lowest BCUT2D eigenvalue weighted by Crippen LogP contribution is -2.36. The summed E-state index contributed by atoms with van der Waals surface area (Å²) in [5, 5.41) is 12.5. The molecule has 2 aromatic carbocycles. The van der Waals surface area contributed by atoms with Gasteiger partial charge in [0.05, 0.1) is 13.1 Å². The highest BCUT2D eigenvalue weighted by molar-refractivity contribution is 6.43. The summed E-state index contributed by atoms with van der Waals surface area (Å²) < 4.78 is 14.9. The van der Waals surface area contributed by atoms with Crippen molar-refractivity contribution in [1.29, 1.82) is 0 Å². The van der Waals surface area contributed by atoms with Crippen molar-refractivity contribution in [1.82, 2.24) is 14.8 Å². The van der Waals surface area contributed by atoms with Gasteiger partial charge in [-0.3, -0.25) is 14.3 Å². The predicted molar refractivity (Wildman–Crippen MR) is 110 cm³/mol. The first kappa shape index (κ1) is 19.5. The minimum atomic E-state index is -0.345. The number of nitrogens with one attached hydrogen (secondary N) is 1. The summed E-state index contributed by atoms with van der Waals surface area (Å²) >= 11 is 0. The van der Waals surface area contributed by atoms with Crippen molar-refractivity contribution in [2.75, 3.05) is 5.32 Å². The molecule has 152 valence electrons. The Hall–Kier alpha value is -3.81. The first-order valence-electron chi connectivity index (χ1n) is 9.57. The molecule has 0 saturated heterocycles. The number of amides is 2. The Morgan fingerprint density at radius 3 is 2.40 bits per heavy atom. The van der Waals surface area contributed by atoms with Gasteiger partial charge in [0.15, 0.2) is 0 Å². The van der Waals surface area contributed by atoms with Gasteiger partial charge in [-0.2, -0.15) is 10.2 Å². The van der Waals surface area contributed by atoms with Crippen molar-refractivity contribution < 1.29 is 14.0 Å². The van der Waals surface area contributed by atoms with Crippen molar-refractivity contribution in [3.8, 4) is 0 Å². The SMILES string of the molecule is O=C(Nc1ccc(Cn2cccn2)cc1)C1=NN(Cc2ccc(F)cc2)C(=O)CC1. The highest BCUT2D eigenvalue weighted by Gasteiger charge is 2.24. The van der Waals surface area contributed by atoms with Crippen LogP contribution in [0.4, 0.5) is 10.1 Å². The maximum Gasteiger partial charge on any atom is 0.271 e. The van der Waals surface area contributed by atoms with Crippen LogP contribution < -0.4 is 5.32 Å². The quantitative estimate of drug-likeness (QED) is 0.684. The number of aromatic nitrogens is 2. The van der Waals surface area contributed by atoms with Crippen LogP contribution in [0.1, 0.15) is 24.0 Å². The number of carbonyl (C=O) groups excluding carboxylic acids is 2. The minimum absolute atomic E-state index is 0.168. The Balaban J connectivity index is 1.40.